The van der Waals surface area contributed by atoms with E-state index in [1.807, 2.05) is 20.8 Å². The molecule has 0 heterocycles. The van der Waals surface area contributed by atoms with Crippen LogP contribution in [0.4, 0.5) is 0 Å². The molecule has 0 aromatic rings. The van der Waals surface area contributed by atoms with Crippen LogP contribution in [0.25, 0.3) is 0 Å². The molecule has 0 saturated carbocycles. The quantitative estimate of drug-likeness (QED) is 0.0468. The summed E-state index contributed by atoms with van der Waals surface area (Å²) < 4.78 is 0. The van der Waals surface area contributed by atoms with Crippen LogP contribution in [0.15, 0.2) is 0 Å². The summed E-state index contributed by atoms with van der Waals surface area (Å²) in [4.78, 5) is 94.7. The second kappa shape index (κ2) is 25.0. The Hall–Kier alpha value is -4.12. The van der Waals surface area contributed by atoms with Gasteiger partial charge in [0, 0.05) is 57.3 Å². The Labute approximate surface area is 276 Å². The summed E-state index contributed by atoms with van der Waals surface area (Å²) >= 11 is 0. The van der Waals surface area contributed by atoms with Gasteiger partial charge in [-0.15, -0.1) is 0 Å². The molecule has 5 amide bonds. The van der Waals surface area contributed by atoms with Crippen molar-refractivity contribution < 1.29 is 48.6 Å². The minimum atomic E-state index is -1.15. The second-order valence-corrected chi connectivity index (χ2v) is 11.7. The molecular formula is C30H55N7O10. The zero-order valence-electron chi connectivity index (χ0n) is 28.4. The highest BCUT2D eigenvalue weighted by Gasteiger charge is 2.26. The summed E-state index contributed by atoms with van der Waals surface area (Å²) in [5, 5.41) is 27.0. The van der Waals surface area contributed by atoms with Crippen molar-refractivity contribution in [3.63, 3.8) is 0 Å². The van der Waals surface area contributed by atoms with E-state index in [9.17, 15) is 38.4 Å². The van der Waals surface area contributed by atoms with Gasteiger partial charge in [0.1, 0.15) is 17.9 Å². The van der Waals surface area contributed by atoms with Crippen LogP contribution in [0, 0.1) is 23.7 Å². The van der Waals surface area contributed by atoms with Gasteiger partial charge in [0.15, 0.2) is 0 Å². The van der Waals surface area contributed by atoms with Crippen molar-refractivity contribution in [2.45, 2.75) is 85.7 Å². The minimum Gasteiger partial charge on any atom is -0.481 e. The smallest absolute Gasteiger partial charge is 0.304 e. The molecule has 10 N–H and O–H groups in total. The van der Waals surface area contributed by atoms with E-state index in [0.717, 1.165) is 0 Å². The Bertz CT molecular complexity index is 1040. The van der Waals surface area contributed by atoms with Gasteiger partial charge in [0.25, 0.3) is 0 Å². The zero-order chi connectivity index (χ0) is 36.7. The predicted molar refractivity (Wildman–Crippen MR) is 172 cm³/mol. The van der Waals surface area contributed by atoms with Crippen molar-refractivity contribution in [3.05, 3.63) is 0 Å². The van der Waals surface area contributed by atoms with Crippen LogP contribution >= 0.6 is 0 Å². The third kappa shape index (κ3) is 20.6. The van der Waals surface area contributed by atoms with Gasteiger partial charge in [-0.05, 0) is 18.3 Å². The molecule has 0 spiro atoms. The number of aliphatic carboxylic acids is 2. The molecule has 0 rings (SSSR count). The van der Waals surface area contributed by atoms with Crippen molar-refractivity contribution in [1.29, 1.82) is 0 Å². The fourth-order valence-electron chi connectivity index (χ4n) is 3.70. The molecule has 270 valence electrons. The number of nitrogens with two attached hydrogens (primary N) is 2. The highest BCUT2D eigenvalue weighted by atomic mass is 16.4. The van der Waals surface area contributed by atoms with Gasteiger partial charge < -0.3 is 47.8 Å². The predicted octanol–water partition coefficient (Wildman–Crippen LogP) is -1.22. The lowest BCUT2D eigenvalue weighted by atomic mass is 9.95. The van der Waals surface area contributed by atoms with Crippen LogP contribution in [0.1, 0.15) is 73.6 Å². The largest absolute Gasteiger partial charge is 0.481 e. The topological polar surface area (TPSA) is 280 Å². The van der Waals surface area contributed by atoms with E-state index in [2.05, 4.69) is 21.3 Å². The van der Waals surface area contributed by atoms with E-state index in [1.165, 1.54) is 4.90 Å². The molecule has 0 aliphatic heterocycles. The van der Waals surface area contributed by atoms with E-state index >= 15 is 0 Å². The number of amides is 5. The van der Waals surface area contributed by atoms with Gasteiger partial charge in [0.05, 0.1) is 13.1 Å². The first-order valence-electron chi connectivity index (χ1n) is 15.6. The summed E-state index contributed by atoms with van der Waals surface area (Å²) in [6, 6.07) is -2.13. The first-order chi connectivity index (χ1) is 21.9. The maximum absolute atomic E-state index is 12.7. The van der Waals surface area contributed by atoms with Crippen LogP contribution in [0.2, 0.25) is 0 Å². The Kier molecular flexibility index (Phi) is 24.0. The van der Waals surface area contributed by atoms with Crippen LogP contribution in [0.3, 0.4) is 0 Å². The van der Waals surface area contributed by atoms with Crippen molar-refractivity contribution in [2.75, 3.05) is 32.8 Å². The summed E-state index contributed by atoms with van der Waals surface area (Å²) in [6.07, 6.45) is 0.365. The summed E-state index contributed by atoms with van der Waals surface area (Å²) in [5.41, 5.74) is 11.1. The molecule has 0 saturated heterocycles. The molecule has 0 aliphatic carbocycles. The van der Waals surface area contributed by atoms with Gasteiger partial charge in [-0.3, -0.25) is 38.4 Å². The first-order valence-corrected chi connectivity index (χ1v) is 15.6. The summed E-state index contributed by atoms with van der Waals surface area (Å²) in [7, 11) is 0. The molecule has 0 radical (unpaired) electrons. The van der Waals surface area contributed by atoms with E-state index in [4.69, 9.17) is 21.7 Å². The fourth-order valence-corrected chi connectivity index (χ4v) is 3.70. The zero-order valence-corrected chi connectivity index (χ0v) is 28.4. The maximum atomic E-state index is 12.7. The van der Waals surface area contributed by atoms with Crippen molar-refractivity contribution in [2.24, 2.45) is 35.1 Å². The highest BCUT2D eigenvalue weighted by Crippen LogP contribution is 2.13. The van der Waals surface area contributed by atoms with Crippen LogP contribution in [0.5, 0.6) is 0 Å². The van der Waals surface area contributed by atoms with Crippen molar-refractivity contribution >= 4 is 47.8 Å². The van der Waals surface area contributed by atoms with E-state index in [1.54, 1.807) is 20.8 Å². The molecule has 0 bridgehead atoms. The fraction of sp³-hybridized carbons (Fsp3) is 0.733. The first kappa shape index (κ1) is 45.0. The van der Waals surface area contributed by atoms with E-state index in [0.29, 0.717) is 18.2 Å². The van der Waals surface area contributed by atoms with E-state index < -0.39 is 60.0 Å². The molecular weight excluding hydrogens is 618 g/mol. The van der Waals surface area contributed by atoms with Crippen LogP contribution < -0.4 is 32.7 Å². The number of hydrogen-bond donors (Lipinski definition) is 8. The molecule has 0 fully saturated rings. The molecule has 0 aliphatic rings. The van der Waals surface area contributed by atoms with Gasteiger partial charge >= 0.3 is 11.9 Å². The Morgan fingerprint density at radius 3 is 1.77 bits per heavy atom. The number of Topliss-reactive ketones (excluding diaryl/α,β-unsaturated/α-hetero) is 1. The number of carbonyl (C=O) groups is 8. The molecule has 0 aromatic carbocycles. The van der Waals surface area contributed by atoms with Gasteiger partial charge in [-0.25, -0.2) is 0 Å². The number of carboxylic acid groups (broad SMARTS) is 2. The van der Waals surface area contributed by atoms with Gasteiger partial charge in [-0.1, -0.05) is 41.5 Å². The Morgan fingerprint density at radius 1 is 0.787 bits per heavy atom. The average molecular weight is 674 g/mol. The number of nitrogens with zero attached hydrogens (tertiary/aromatic N) is 1. The lowest BCUT2D eigenvalue weighted by Gasteiger charge is -2.25. The van der Waals surface area contributed by atoms with Gasteiger partial charge in [0.2, 0.25) is 30.0 Å². The third-order valence-corrected chi connectivity index (χ3v) is 7.32. The number of carbonyl (C=O) groups excluding carboxylic acids is 6. The normalized spacial score (nSPS) is 13.1. The molecule has 4 atom stereocenters. The molecule has 4 unspecified atom stereocenters. The molecule has 47 heavy (non-hydrogen) atoms. The number of rotatable bonds is 23. The Morgan fingerprint density at radius 2 is 1.34 bits per heavy atom. The summed E-state index contributed by atoms with van der Waals surface area (Å²) in [6.45, 7) is 10.3. The van der Waals surface area contributed by atoms with Crippen LogP contribution in [-0.4, -0.2) is 108 Å². The average Bonchev–Trinajstić information content (AvgIpc) is 3.00. The third-order valence-electron chi connectivity index (χ3n) is 7.32. The SMILES string of the molecule is CC(C)C(C)CC(=O)O.CCC(CC(=O)O)C(=O)NC(CN)C(=O)NCCN(CNC(=O)C(CN)NC=O)C(=O)CCC(=O)C(C)C. The standard InChI is InChI=1S/C23H41N7O8.C7H14O2/c1-4-15(9-20(34)35)21(36)29-17(11-25)23(38)26-7-8-30(19(33)6-5-18(32)14(2)3)12-27-22(37)16(10-24)28-13-31;1-5(2)6(3)4-7(8)9/h13-17H,4-12,24-25H2,1-3H3,(H,26,38)(H,27,37)(H,28,31)(H,29,36)(H,34,35);5-6H,4H2,1-3H3,(H,8,9). The highest BCUT2D eigenvalue weighted by molar-refractivity contribution is 5.90. The molecule has 17 heteroatoms. The lowest BCUT2D eigenvalue weighted by molar-refractivity contribution is -0.141. The minimum absolute atomic E-state index is 0.00163. The van der Waals surface area contributed by atoms with Crippen molar-refractivity contribution in [3.8, 4) is 0 Å². The molecule has 0 aromatic heterocycles. The van der Waals surface area contributed by atoms with E-state index in [-0.39, 0.29) is 70.2 Å². The van der Waals surface area contributed by atoms with Crippen molar-refractivity contribution in [1.82, 2.24) is 26.2 Å². The number of carboxylic acids is 2. The monoisotopic (exact) mass is 673 g/mol. The Balaban J connectivity index is 0. The summed E-state index contributed by atoms with van der Waals surface area (Å²) in [5.74, 6) is -4.60. The maximum Gasteiger partial charge on any atom is 0.304 e. The molecule has 17 nitrogen and oxygen atoms in total. The lowest BCUT2D eigenvalue weighted by Crippen LogP contribution is -2.54. The number of ketones is 1. The van der Waals surface area contributed by atoms with Gasteiger partial charge in [-0.2, -0.15) is 0 Å². The van der Waals surface area contributed by atoms with Crippen LogP contribution in [-0.2, 0) is 38.4 Å². The number of nitrogens with one attached hydrogen (secondary N) is 4. The number of hydrogen-bond acceptors (Lipinski definition) is 10. The second-order valence-electron chi connectivity index (χ2n) is 11.7.